The number of phenolic OH excluding ortho intramolecular Hbond substituents is 1. The van der Waals surface area contributed by atoms with Gasteiger partial charge in [-0.2, -0.15) is 0 Å². The fraction of sp³-hybridized carbons (Fsp3) is 0.300. The Kier molecular flexibility index (Phi) is 2.96. The van der Waals surface area contributed by atoms with Crippen LogP contribution in [0.25, 0.3) is 0 Å². The average Bonchev–Trinajstić information content (AvgIpc) is 2.08. The summed E-state index contributed by atoms with van der Waals surface area (Å²) >= 11 is 0. The number of benzene rings is 1. The molecule has 0 aliphatic heterocycles. The van der Waals surface area contributed by atoms with Crippen LogP contribution in [-0.4, -0.2) is 17.1 Å². The zero-order chi connectivity index (χ0) is 10.7. The maximum atomic E-state index is 11.5. The third-order valence-electron chi connectivity index (χ3n) is 1.70. The van der Waals surface area contributed by atoms with Crippen LogP contribution in [0, 0.1) is 0 Å². The molecule has 1 aromatic carbocycles. The molecule has 0 atom stereocenters. The van der Waals surface area contributed by atoms with Gasteiger partial charge in [-0.1, -0.05) is 0 Å². The summed E-state index contributed by atoms with van der Waals surface area (Å²) in [6, 6.07) is 4.35. The van der Waals surface area contributed by atoms with Crippen molar-refractivity contribution in [3.8, 4) is 5.75 Å². The molecule has 14 heavy (non-hydrogen) atoms. The SMILES string of the molecule is CC(C)NC(=O)c1cc(O)ccc1N. The summed E-state index contributed by atoms with van der Waals surface area (Å²) in [4.78, 5) is 11.5. The standard InChI is InChI=1S/C10H14N2O2/c1-6(2)12-10(14)8-5-7(13)3-4-9(8)11/h3-6,13H,11H2,1-2H3,(H,12,14). The highest BCUT2D eigenvalue weighted by molar-refractivity contribution is 5.99. The molecule has 0 saturated heterocycles. The van der Waals surface area contributed by atoms with Crippen LogP contribution in [0.4, 0.5) is 5.69 Å². The molecule has 0 unspecified atom stereocenters. The number of hydrogen-bond donors (Lipinski definition) is 3. The summed E-state index contributed by atoms with van der Waals surface area (Å²) in [7, 11) is 0. The van der Waals surface area contributed by atoms with Crippen molar-refractivity contribution < 1.29 is 9.90 Å². The number of anilines is 1. The van der Waals surface area contributed by atoms with E-state index in [2.05, 4.69) is 5.32 Å². The summed E-state index contributed by atoms with van der Waals surface area (Å²) in [6.45, 7) is 3.72. The lowest BCUT2D eigenvalue weighted by molar-refractivity contribution is 0.0943. The minimum absolute atomic E-state index is 0.0353. The van der Waals surface area contributed by atoms with E-state index in [4.69, 9.17) is 5.73 Å². The Bertz CT molecular complexity index is 348. The summed E-state index contributed by atoms with van der Waals surface area (Å²) in [5, 5.41) is 11.9. The van der Waals surface area contributed by atoms with Crippen LogP contribution in [0.5, 0.6) is 5.75 Å². The summed E-state index contributed by atoms with van der Waals surface area (Å²) < 4.78 is 0. The minimum Gasteiger partial charge on any atom is -0.508 e. The van der Waals surface area contributed by atoms with E-state index in [0.717, 1.165) is 0 Å². The van der Waals surface area contributed by atoms with Crippen LogP contribution in [0.2, 0.25) is 0 Å². The molecule has 1 amide bonds. The van der Waals surface area contributed by atoms with E-state index in [1.54, 1.807) is 0 Å². The van der Waals surface area contributed by atoms with Gasteiger partial charge in [0.05, 0.1) is 5.56 Å². The fourth-order valence-corrected chi connectivity index (χ4v) is 1.08. The number of rotatable bonds is 2. The highest BCUT2D eigenvalue weighted by atomic mass is 16.3. The Morgan fingerprint density at radius 3 is 2.71 bits per heavy atom. The van der Waals surface area contributed by atoms with E-state index in [9.17, 15) is 9.90 Å². The summed E-state index contributed by atoms with van der Waals surface area (Å²) in [5.41, 5.74) is 6.26. The van der Waals surface area contributed by atoms with E-state index in [0.29, 0.717) is 11.3 Å². The molecule has 0 aliphatic rings. The second kappa shape index (κ2) is 4.00. The van der Waals surface area contributed by atoms with Crippen molar-refractivity contribution in [3.63, 3.8) is 0 Å². The molecule has 4 nitrogen and oxygen atoms in total. The lowest BCUT2D eigenvalue weighted by Crippen LogP contribution is -2.30. The molecule has 4 N–H and O–H groups in total. The Hall–Kier alpha value is -1.71. The topological polar surface area (TPSA) is 75.3 Å². The minimum atomic E-state index is -0.270. The van der Waals surface area contributed by atoms with Gasteiger partial charge in [-0.25, -0.2) is 0 Å². The molecule has 4 heteroatoms. The van der Waals surface area contributed by atoms with Gasteiger partial charge < -0.3 is 16.2 Å². The van der Waals surface area contributed by atoms with Gasteiger partial charge in [0.25, 0.3) is 5.91 Å². The van der Waals surface area contributed by atoms with Crippen molar-refractivity contribution >= 4 is 11.6 Å². The molecule has 0 spiro atoms. The zero-order valence-electron chi connectivity index (χ0n) is 8.24. The molecule has 0 aliphatic carbocycles. The molecule has 0 fully saturated rings. The highest BCUT2D eigenvalue weighted by Crippen LogP contribution is 2.18. The summed E-state index contributed by atoms with van der Waals surface area (Å²) in [5.74, 6) is -0.235. The first kappa shape index (κ1) is 10.4. The van der Waals surface area contributed by atoms with E-state index >= 15 is 0 Å². The Labute approximate surface area is 82.7 Å². The Balaban J connectivity index is 2.94. The highest BCUT2D eigenvalue weighted by Gasteiger charge is 2.10. The molecular formula is C10H14N2O2. The molecule has 0 heterocycles. The first-order valence-corrected chi connectivity index (χ1v) is 4.40. The Morgan fingerprint density at radius 1 is 1.50 bits per heavy atom. The number of nitrogens with one attached hydrogen (secondary N) is 1. The molecule has 1 aromatic rings. The van der Waals surface area contributed by atoms with Crippen molar-refractivity contribution in [2.45, 2.75) is 19.9 Å². The van der Waals surface area contributed by atoms with Crippen LogP contribution < -0.4 is 11.1 Å². The maximum Gasteiger partial charge on any atom is 0.253 e. The van der Waals surface area contributed by atoms with E-state index in [1.807, 2.05) is 13.8 Å². The predicted octanol–water partition coefficient (Wildman–Crippen LogP) is 1.11. The van der Waals surface area contributed by atoms with Gasteiger partial charge in [-0.15, -0.1) is 0 Å². The molecular weight excluding hydrogens is 180 g/mol. The third-order valence-corrected chi connectivity index (χ3v) is 1.70. The smallest absolute Gasteiger partial charge is 0.253 e. The fourth-order valence-electron chi connectivity index (χ4n) is 1.08. The first-order chi connectivity index (χ1) is 6.50. The predicted molar refractivity (Wildman–Crippen MR) is 55.1 cm³/mol. The van der Waals surface area contributed by atoms with Crippen LogP contribution in [0.15, 0.2) is 18.2 Å². The molecule has 0 radical (unpaired) electrons. The number of carbonyl (C=O) groups excluding carboxylic acids is 1. The lowest BCUT2D eigenvalue weighted by atomic mass is 10.1. The van der Waals surface area contributed by atoms with Crippen LogP contribution in [-0.2, 0) is 0 Å². The number of phenols is 1. The van der Waals surface area contributed by atoms with Crippen LogP contribution in [0.1, 0.15) is 24.2 Å². The van der Waals surface area contributed by atoms with Crippen LogP contribution >= 0.6 is 0 Å². The van der Waals surface area contributed by atoms with E-state index in [1.165, 1.54) is 18.2 Å². The van der Waals surface area contributed by atoms with E-state index in [-0.39, 0.29) is 17.7 Å². The molecule has 0 bridgehead atoms. The van der Waals surface area contributed by atoms with Crippen LogP contribution in [0.3, 0.4) is 0 Å². The van der Waals surface area contributed by atoms with Crippen molar-refractivity contribution in [3.05, 3.63) is 23.8 Å². The van der Waals surface area contributed by atoms with Gasteiger partial charge in [0.15, 0.2) is 0 Å². The molecule has 1 rings (SSSR count). The van der Waals surface area contributed by atoms with Crippen molar-refractivity contribution in [1.29, 1.82) is 0 Å². The van der Waals surface area contributed by atoms with Crippen molar-refractivity contribution in [2.24, 2.45) is 0 Å². The number of carbonyl (C=O) groups is 1. The van der Waals surface area contributed by atoms with Gasteiger partial charge in [0.1, 0.15) is 5.75 Å². The average molecular weight is 194 g/mol. The monoisotopic (exact) mass is 194 g/mol. The second-order valence-corrected chi connectivity index (χ2v) is 3.40. The van der Waals surface area contributed by atoms with Gasteiger partial charge in [-0.05, 0) is 32.0 Å². The number of aromatic hydroxyl groups is 1. The van der Waals surface area contributed by atoms with Gasteiger partial charge in [-0.3, -0.25) is 4.79 Å². The first-order valence-electron chi connectivity index (χ1n) is 4.40. The van der Waals surface area contributed by atoms with Gasteiger partial charge in [0, 0.05) is 11.7 Å². The van der Waals surface area contributed by atoms with E-state index < -0.39 is 0 Å². The number of hydrogen-bond acceptors (Lipinski definition) is 3. The second-order valence-electron chi connectivity index (χ2n) is 3.40. The number of nitrogens with two attached hydrogens (primary N) is 1. The molecule has 0 saturated carbocycles. The summed E-state index contributed by atoms with van der Waals surface area (Å²) in [6.07, 6.45) is 0. The largest absolute Gasteiger partial charge is 0.508 e. The van der Waals surface area contributed by atoms with Crippen molar-refractivity contribution in [1.82, 2.24) is 5.32 Å². The quantitative estimate of drug-likeness (QED) is 0.487. The van der Waals surface area contributed by atoms with Gasteiger partial charge >= 0.3 is 0 Å². The Morgan fingerprint density at radius 2 is 2.14 bits per heavy atom. The number of amides is 1. The normalized spacial score (nSPS) is 10.2. The van der Waals surface area contributed by atoms with Crippen molar-refractivity contribution in [2.75, 3.05) is 5.73 Å². The third kappa shape index (κ3) is 2.39. The molecule has 0 aromatic heterocycles. The molecule has 76 valence electrons. The number of nitrogen functional groups attached to an aromatic ring is 1. The lowest BCUT2D eigenvalue weighted by Gasteiger charge is -2.10. The van der Waals surface area contributed by atoms with Gasteiger partial charge in [0.2, 0.25) is 0 Å². The maximum absolute atomic E-state index is 11.5. The zero-order valence-corrected chi connectivity index (χ0v) is 8.24.